The number of hydrogen-bond donors (Lipinski definition) is 4. The van der Waals surface area contributed by atoms with E-state index in [1.807, 2.05) is 60.7 Å². The molecule has 6 N–H and O–H groups in total. The van der Waals surface area contributed by atoms with Gasteiger partial charge in [-0.15, -0.1) is 0 Å². The first kappa shape index (κ1) is 26.2. The first-order valence-corrected chi connectivity index (χ1v) is 13.2. The fraction of sp³-hybridized carbons (Fsp3) is 0.385. The summed E-state index contributed by atoms with van der Waals surface area (Å²) in [6.45, 7) is 3.47. The molecule has 2 aliphatic rings. The number of nitrogens with zero attached hydrogens (tertiary/aromatic N) is 4. The van der Waals surface area contributed by atoms with Crippen LogP contribution in [0.25, 0.3) is 0 Å². The fourth-order valence-electron chi connectivity index (χ4n) is 4.60. The monoisotopic (exact) mass is 522 g/mol. The highest BCUT2D eigenvalue weighted by Gasteiger charge is 2.27. The molecule has 4 rings (SSSR count). The molecule has 10 heteroatoms. The first-order valence-electron chi connectivity index (χ1n) is 12.4. The van der Waals surface area contributed by atoms with E-state index in [1.165, 1.54) is 0 Å². The van der Waals surface area contributed by atoms with Crippen molar-refractivity contribution in [2.24, 2.45) is 21.7 Å². The molecule has 0 radical (unpaired) electrons. The van der Waals surface area contributed by atoms with E-state index < -0.39 is 0 Å². The largest absolute Gasteiger partial charge is 0.375 e. The molecule has 36 heavy (non-hydrogen) atoms. The molecule has 190 valence electrons. The van der Waals surface area contributed by atoms with E-state index in [0.29, 0.717) is 11.4 Å². The van der Waals surface area contributed by atoms with E-state index in [2.05, 4.69) is 10.6 Å². The van der Waals surface area contributed by atoms with Crippen LogP contribution in [0, 0.1) is 0 Å². The molecule has 2 unspecified atom stereocenters. The number of rotatable bonds is 7. The second kappa shape index (κ2) is 12.9. The Hall–Kier alpha value is -2.92. The lowest BCUT2D eigenvalue weighted by atomic mass is 9.99. The van der Waals surface area contributed by atoms with Gasteiger partial charge in [0.15, 0.2) is 10.2 Å². The third-order valence-corrected chi connectivity index (χ3v) is 6.79. The number of nitrogens with one attached hydrogen (secondary N) is 2. The van der Waals surface area contributed by atoms with Crippen LogP contribution in [0.1, 0.15) is 36.8 Å². The maximum absolute atomic E-state index is 6.22. The van der Waals surface area contributed by atoms with Crippen LogP contribution < -0.4 is 22.1 Å². The van der Waals surface area contributed by atoms with Gasteiger partial charge in [-0.2, -0.15) is 10.2 Å². The Morgan fingerprint density at radius 3 is 1.39 bits per heavy atom. The SMILES string of the molecule is NC(=S)N(N=C(C(=NN(C(N)=S)C1CCCNC1)c1ccccc1)c1ccccc1)C1CCCNC1. The van der Waals surface area contributed by atoms with Gasteiger partial charge in [0.25, 0.3) is 0 Å². The smallest absolute Gasteiger partial charge is 0.187 e. The maximum atomic E-state index is 6.22. The van der Waals surface area contributed by atoms with Crippen molar-refractivity contribution in [1.29, 1.82) is 0 Å². The van der Waals surface area contributed by atoms with E-state index in [1.54, 1.807) is 10.0 Å². The average molecular weight is 523 g/mol. The quantitative estimate of drug-likeness (QED) is 0.250. The lowest BCUT2D eigenvalue weighted by Crippen LogP contribution is -2.49. The van der Waals surface area contributed by atoms with Crippen molar-refractivity contribution in [2.75, 3.05) is 26.2 Å². The Kier molecular flexibility index (Phi) is 9.35. The highest BCUT2D eigenvalue weighted by molar-refractivity contribution is 7.80. The minimum absolute atomic E-state index is 0.0567. The van der Waals surface area contributed by atoms with Gasteiger partial charge >= 0.3 is 0 Å². The summed E-state index contributed by atoms with van der Waals surface area (Å²) in [5, 5.41) is 21.0. The summed E-state index contributed by atoms with van der Waals surface area (Å²) in [4.78, 5) is 0. The summed E-state index contributed by atoms with van der Waals surface area (Å²) in [5.41, 5.74) is 15.6. The molecule has 0 bridgehead atoms. The maximum Gasteiger partial charge on any atom is 0.187 e. The van der Waals surface area contributed by atoms with Crippen molar-refractivity contribution in [3.8, 4) is 0 Å². The Morgan fingerprint density at radius 2 is 1.08 bits per heavy atom. The van der Waals surface area contributed by atoms with Gasteiger partial charge in [-0.05, 0) is 63.2 Å². The topological polar surface area (TPSA) is 107 Å². The third-order valence-electron chi connectivity index (χ3n) is 6.42. The Morgan fingerprint density at radius 1 is 0.694 bits per heavy atom. The number of piperidine rings is 2. The van der Waals surface area contributed by atoms with Crippen molar-refractivity contribution in [2.45, 2.75) is 37.8 Å². The Labute approximate surface area is 223 Å². The number of hydrogen-bond acceptors (Lipinski definition) is 6. The zero-order chi connectivity index (χ0) is 25.3. The van der Waals surface area contributed by atoms with Gasteiger partial charge in [-0.1, -0.05) is 60.7 Å². The van der Waals surface area contributed by atoms with Crippen molar-refractivity contribution in [1.82, 2.24) is 20.7 Å². The zero-order valence-electron chi connectivity index (χ0n) is 20.3. The molecule has 8 nitrogen and oxygen atoms in total. The average Bonchev–Trinajstić information content (AvgIpc) is 2.92. The predicted molar refractivity (Wildman–Crippen MR) is 155 cm³/mol. The van der Waals surface area contributed by atoms with Gasteiger partial charge < -0.3 is 22.1 Å². The second-order valence-electron chi connectivity index (χ2n) is 9.00. The van der Waals surface area contributed by atoms with Gasteiger partial charge in [0.05, 0.1) is 12.1 Å². The van der Waals surface area contributed by atoms with Crippen LogP contribution in [0.4, 0.5) is 0 Å². The Balaban J connectivity index is 1.88. The van der Waals surface area contributed by atoms with Crippen LogP contribution in [0.3, 0.4) is 0 Å². The lowest BCUT2D eigenvalue weighted by molar-refractivity contribution is 0.265. The predicted octanol–water partition coefficient (Wildman–Crippen LogP) is 2.39. The lowest BCUT2D eigenvalue weighted by Gasteiger charge is -2.33. The Bertz CT molecular complexity index is 990. The third kappa shape index (κ3) is 6.64. The molecule has 2 saturated heterocycles. The van der Waals surface area contributed by atoms with Crippen LogP contribution in [0.2, 0.25) is 0 Å². The van der Waals surface area contributed by atoms with E-state index >= 15 is 0 Å². The molecule has 0 amide bonds. The van der Waals surface area contributed by atoms with Crippen LogP contribution in [0.15, 0.2) is 70.9 Å². The number of nitrogens with two attached hydrogens (primary N) is 2. The van der Waals surface area contributed by atoms with E-state index in [0.717, 1.165) is 63.0 Å². The normalized spacial score (nSPS) is 21.0. The highest BCUT2D eigenvalue weighted by atomic mass is 32.1. The van der Waals surface area contributed by atoms with E-state index in [9.17, 15) is 0 Å². The molecule has 2 fully saturated rings. The molecule has 0 aliphatic carbocycles. The standard InChI is InChI=1S/C26H34N8S2/c27-25(35)33(21-13-7-15-29-17-21)31-23(19-9-3-1-4-10-19)24(20-11-5-2-6-12-20)32-34(26(28)36)22-14-8-16-30-18-22/h1-6,9-12,21-22,29-30H,7-8,13-18H2,(H2,27,35)(H2,28,36). The summed E-state index contributed by atoms with van der Waals surface area (Å²) < 4.78 is 0. The van der Waals surface area contributed by atoms with Crippen LogP contribution in [0.5, 0.6) is 0 Å². The summed E-state index contributed by atoms with van der Waals surface area (Å²) in [5.74, 6) is 0. The van der Waals surface area contributed by atoms with Gasteiger partial charge in [0, 0.05) is 24.2 Å². The fourth-order valence-corrected chi connectivity index (χ4v) is 4.98. The van der Waals surface area contributed by atoms with Crippen LogP contribution >= 0.6 is 24.4 Å². The second-order valence-corrected chi connectivity index (χ2v) is 9.83. The molecular formula is C26H34N8S2. The molecular weight excluding hydrogens is 488 g/mol. The number of thiocarbonyl (C=S) groups is 2. The molecule has 2 aromatic carbocycles. The summed E-state index contributed by atoms with van der Waals surface area (Å²) in [6, 6.07) is 20.1. The van der Waals surface area contributed by atoms with Crippen molar-refractivity contribution >= 4 is 46.1 Å². The highest BCUT2D eigenvalue weighted by Crippen LogP contribution is 2.18. The zero-order valence-corrected chi connectivity index (χ0v) is 22.0. The minimum Gasteiger partial charge on any atom is -0.375 e. The van der Waals surface area contributed by atoms with Gasteiger partial charge in [0.2, 0.25) is 0 Å². The van der Waals surface area contributed by atoms with Gasteiger partial charge in [0.1, 0.15) is 11.4 Å². The van der Waals surface area contributed by atoms with Crippen molar-refractivity contribution in [3.05, 3.63) is 71.8 Å². The van der Waals surface area contributed by atoms with Crippen molar-refractivity contribution in [3.63, 3.8) is 0 Å². The minimum atomic E-state index is 0.0567. The van der Waals surface area contributed by atoms with Crippen LogP contribution in [-0.4, -0.2) is 69.9 Å². The van der Waals surface area contributed by atoms with Gasteiger partial charge in [-0.25, -0.2) is 10.0 Å². The summed E-state index contributed by atoms with van der Waals surface area (Å²) >= 11 is 10.9. The molecule has 0 aromatic heterocycles. The van der Waals surface area contributed by atoms with Crippen molar-refractivity contribution < 1.29 is 0 Å². The van der Waals surface area contributed by atoms with Gasteiger partial charge in [-0.3, -0.25) is 0 Å². The summed E-state index contributed by atoms with van der Waals surface area (Å²) in [6.07, 6.45) is 3.95. The molecule has 2 aliphatic heterocycles. The van der Waals surface area contributed by atoms with E-state index in [-0.39, 0.29) is 22.3 Å². The molecule has 2 atom stereocenters. The van der Waals surface area contributed by atoms with E-state index in [4.69, 9.17) is 46.1 Å². The molecule has 0 saturated carbocycles. The number of hydrazone groups is 2. The molecule has 2 aromatic rings. The first-order chi connectivity index (χ1) is 17.5. The molecule has 2 heterocycles. The summed E-state index contributed by atoms with van der Waals surface area (Å²) in [7, 11) is 0. The molecule has 0 spiro atoms. The van der Waals surface area contributed by atoms with Crippen LogP contribution in [-0.2, 0) is 0 Å². The number of benzene rings is 2.